The van der Waals surface area contributed by atoms with Crippen LogP contribution in [0.1, 0.15) is 20.3 Å². The smallest absolute Gasteiger partial charge is 0.000796 e. The molecule has 1 heterocycles. The minimum Gasteiger partial charge on any atom is -0.316 e. The zero-order valence-electron chi connectivity index (χ0n) is 7.60. The molecule has 1 aliphatic heterocycles. The Kier molecular flexibility index (Phi) is 4.31. The van der Waals surface area contributed by atoms with Crippen molar-refractivity contribution in [3.63, 3.8) is 0 Å². The van der Waals surface area contributed by atoms with E-state index in [1.807, 2.05) is 0 Å². The second-order valence-corrected chi connectivity index (χ2v) is 4.93. The minimum absolute atomic E-state index is 0.861. The Morgan fingerprint density at radius 1 is 1.45 bits per heavy atom. The molecule has 0 atom stereocenters. The van der Waals surface area contributed by atoms with Crippen LogP contribution in [0.5, 0.6) is 0 Å². The summed E-state index contributed by atoms with van der Waals surface area (Å²) in [7, 11) is 0. The van der Waals surface area contributed by atoms with Crippen molar-refractivity contribution in [3.8, 4) is 0 Å². The van der Waals surface area contributed by atoms with E-state index in [-0.39, 0.29) is 0 Å². The van der Waals surface area contributed by atoms with Gasteiger partial charge in [-0.15, -0.1) is 0 Å². The van der Waals surface area contributed by atoms with E-state index in [2.05, 4.69) is 30.9 Å². The van der Waals surface area contributed by atoms with Crippen molar-refractivity contribution in [2.24, 2.45) is 11.8 Å². The normalized spacial score (nSPS) is 18.8. The van der Waals surface area contributed by atoms with Gasteiger partial charge in [-0.3, -0.25) is 0 Å². The van der Waals surface area contributed by atoms with E-state index in [1.165, 1.54) is 31.0 Å². The highest BCUT2D eigenvalue weighted by atomic mass is 32.2. The standard InChI is InChI=1S/C9H19NS/c1-8(2)7-11-4-3-9-5-10-6-9/h8-10H,3-7H2,1-2H3. The highest BCUT2D eigenvalue weighted by molar-refractivity contribution is 7.99. The predicted molar refractivity (Wildman–Crippen MR) is 53.1 cm³/mol. The SMILES string of the molecule is CC(C)CSCCC1CNC1. The fraction of sp³-hybridized carbons (Fsp3) is 1.00. The molecule has 0 aromatic carbocycles. The van der Waals surface area contributed by atoms with Gasteiger partial charge in [-0.05, 0) is 42.9 Å². The lowest BCUT2D eigenvalue weighted by Gasteiger charge is -2.26. The molecule has 1 N–H and O–H groups in total. The van der Waals surface area contributed by atoms with Crippen LogP contribution in [0.15, 0.2) is 0 Å². The maximum Gasteiger partial charge on any atom is -0.000796 e. The maximum absolute atomic E-state index is 3.30. The molecular formula is C9H19NS. The highest BCUT2D eigenvalue weighted by Gasteiger charge is 2.15. The molecule has 1 saturated heterocycles. The Balaban J connectivity index is 1.80. The first-order chi connectivity index (χ1) is 5.29. The largest absolute Gasteiger partial charge is 0.316 e. The van der Waals surface area contributed by atoms with Crippen LogP contribution in [-0.4, -0.2) is 24.6 Å². The molecule has 66 valence electrons. The molecule has 0 radical (unpaired) electrons. The fourth-order valence-electron chi connectivity index (χ4n) is 1.12. The highest BCUT2D eigenvalue weighted by Crippen LogP contribution is 2.15. The summed E-state index contributed by atoms with van der Waals surface area (Å²) in [5.74, 6) is 4.55. The van der Waals surface area contributed by atoms with Crippen LogP contribution in [-0.2, 0) is 0 Å². The van der Waals surface area contributed by atoms with Gasteiger partial charge in [0, 0.05) is 0 Å². The van der Waals surface area contributed by atoms with Crippen molar-refractivity contribution in [1.29, 1.82) is 0 Å². The summed E-state index contributed by atoms with van der Waals surface area (Å²) in [5.41, 5.74) is 0. The topological polar surface area (TPSA) is 12.0 Å². The summed E-state index contributed by atoms with van der Waals surface area (Å²) in [5, 5.41) is 3.30. The van der Waals surface area contributed by atoms with Gasteiger partial charge in [-0.25, -0.2) is 0 Å². The predicted octanol–water partition coefficient (Wildman–Crippen LogP) is 1.99. The third kappa shape index (κ3) is 4.02. The Labute approximate surface area is 74.3 Å². The number of hydrogen-bond donors (Lipinski definition) is 1. The van der Waals surface area contributed by atoms with Gasteiger partial charge in [0.2, 0.25) is 0 Å². The average Bonchev–Trinajstić information content (AvgIpc) is 1.82. The number of rotatable bonds is 5. The van der Waals surface area contributed by atoms with E-state index in [9.17, 15) is 0 Å². The van der Waals surface area contributed by atoms with Gasteiger partial charge in [0.15, 0.2) is 0 Å². The van der Waals surface area contributed by atoms with Crippen LogP contribution >= 0.6 is 11.8 Å². The zero-order chi connectivity index (χ0) is 8.10. The van der Waals surface area contributed by atoms with Gasteiger partial charge >= 0.3 is 0 Å². The number of thioether (sulfide) groups is 1. The third-order valence-electron chi connectivity index (χ3n) is 1.99. The summed E-state index contributed by atoms with van der Waals surface area (Å²) in [6.07, 6.45) is 1.42. The third-order valence-corrected chi connectivity index (χ3v) is 3.41. The van der Waals surface area contributed by atoms with Crippen LogP contribution in [0.25, 0.3) is 0 Å². The van der Waals surface area contributed by atoms with Crippen molar-refractivity contribution < 1.29 is 0 Å². The average molecular weight is 173 g/mol. The van der Waals surface area contributed by atoms with Crippen molar-refractivity contribution in [1.82, 2.24) is 5.32 Å². The minimum atomic E-state index is 0.861. The quantitative estimate of drug-likeness (QED) is 0.638. The Morgan fingerprint density at radius 2 is 2.18 bits per heavy atom. The summed E-state index contributed by atoms with van der Waals surface area (Å²) < 4.78 is 0. The molecule has 1 nitrogen and oxygen atoms in total. The number of nitrogens with one attached hydrogen (secondary N) is 1. The van der Waals surface area contributed by atoms with Crippen molar-refractivity contribution in [2.45, 2.75) is 20.3 Å². The van der Waals surface area contributed by atoms with Crippen molar-refractivity contribution in [2.75, 3.05) is 24.6 Å². The van der Waals surface area contributed by atoms with Crippen molar-refractivity contribution in [3.05, 3.63) is 0 Å². The molecule has 1 rings (SSSR count). The maximum atomic E-state index is 3.30. The van der Waals surface area contributed by atoms with Gasteiger partial charge in [-0.1, -0.05) is 13.8 Å². The number of hydrogen-bond acceptors (Lipinski definition) is 2. The molecule has 1 fully saturated rings. The molecular weight excluding hydrogens is 154 g/mol. The lowest BCUT2D eigenvalue weighted by atomic mass is 10.0. The van der Waals surface area contributed by atoms with E-state index in [4.69, 9.17) is 0 Å². The zero-order valence-corrected chi connectivity index (χ0v) is 8.41. The molecule has 11 heavy (non-hydrogen) atoms. The Hall–Kier alpha value is 0.310. The second kappa shape index (κ2) is 5.04. The van der Waals surface area contributed by atoms with Gasteiger partial charge < -0.3 is 5.32 Å². The van der Waals surface area contributed by atoms with Gasteiger partial charge in [0.25, 0.3) is 0 Å². The van der Waals surface area contributed by atoms with Gasteiger partial charge in [0.1, 0.15) is 0 Å². The second-order valence-electron chi connectivity index (χ2n) is 3.78. The first-order valence-electron chi connectivity index (χ1n) is 4.57. The van der Waals surface area contributed by atoms with E-state index < -0.39 is 0 Å². The lowest BCUT2D eigenvalue weighted by Crippen LogP contribution is -2.42. The molecule has 0 amide bonds. The van der Waals surface area contributed by atoms with Crippen LogP contribution < -0.4 is 5.32 Å². The van der Waals surface area contributed by atoms with Gasteiger partial charge in [0.05, 0.1) is 0 Å². The van der Waals surface area contributed by atoms with E-state index in [0.29, 0.717) is 0 Å². The van der Waals surface area contributed by atoms with E-state index in [1.54, 1.807) is 0 Å². The Morgan fingerprint density at radius 3 is 2.64 bits per heavy atom. The van der Waals surface area contributed by atoms with Crippen LogP contribution in [0.3, 0.4) is 0 Å². The molecule has 0 spiro atoms. The summed E-state index contributed by atoms with van der Waals surface area (Å²) in [6.45, 7) is 7.11. The molecule has 0 aromatic heterocycles. The van der Waals surface area contributed by atoms with Crippen LogP contribution in [0.4, 0.5) is 0 Å². The molecule has 0 aromatic rings. The van der Waals surface area contributed by atoms with Gasteiger partial charge in [-0.2, -0.15) is 11.8 Å². The first kappa shape index (κ1) is 9.40. The summed E-state index contributed by atoms with van der Waals surface area (Å²) >= 11 is 2.11. The monoisotopic (exact) mass is 173 g/mol. The molecule has 0 unspecified atom stereocenters. The fourth-order valence-corrected chi connectivity index (χ4v) is 2.26. The van der Waals surface area contributed by atoms with E-state index in [0.717, 1.165) is 11.8 Å². The van der Waals surface area contributed by atoms with Crippen LogP contribution in [0, 0.1) is 11.8 Å². The molecule has 0 saturated carbocycles. The van der Waals surface area contributed by atoms with E-state index >= 15 is 0 Å². The summed E-state index contributed by atoms with van der Waals surface area (Å²) in [4.78, 5) is 0. The molecule has 0 bridgehead atoms. The van der Waals surface area contributed by atoms with Crippen molar-refractivity contribution >= 4 is 11.8 Å². The first-order valence-corrected chi connectivity index (χ1v) is 5.73. The molecule has 1 aliphatic rings. The summed E-state index contributed by atoms with van der Waals surface area (Å²) in [6, 6.07) is 0. The molecule has 2 heteroatoms. The Bertz CT molecular complexity index is 99.7. The lowest BCUT2D eigenvalue weighted by molar-refractivity contribution is 0.341. The van der Waals surface area contributed by atoms with Crippen LogP contribution in [0.2, 0.25) is 0 Å². The molecule has 0 aliphatic carbocycles.